The number of halogens is 3. The molecule has 1 saturated heterocycles. The van der Waals surface area contributed by atoms with Gasteiger partial charge in [-0.3, -0.25) is 9.59 Å². The number of benzene rings is 2. The molecule has 8 heteroatoms. The van der Waals surface area contributed by atoms with Crippen LogP contribution in [0.25, 0.3) is 0 Å². The monoisotopic (exact) mass is 405 g/mol. The molecule has 2 amide bonds. The van der Waals surface area contributed by atoms with Gasteiger partial charge in [0, 0.05) is 5.56 Å². The summed E-state index contributed by atoms with van der Waals surface area (Å²) in [6.07, 6.45) is -4.33. The molecule has 1 fully saturated rings. The first kappa shape index (κ1) is 19.6. The quantitative estimate of drug-likeness (QED) is 0.717. The van der Waals surface area contributed by atoms with Gasteiger partial charge in [-0.25, -0.2) is 4.90 Å². The average Bonchev–Trinajstić information content (AvgIpc) is 2.94. The van der Waals surface area contributed by atoms with Gasteiger partial charge in [-0.05, 0) is 24.3 Å². The predicted molar refractivity (Wildman–Crippen MR) is 98.4 cm³/mol. The Labute approximate surface area is 166 Å². The number of nitrogens with zero attached hydrogens (tertiary/aromatic N) is 1. The van der Waals surface area contributed by atoms with Gasteiger partial charge >= 0.3 is 6.18 Å². The van der Waals surface area contributed by atoms with E-state index in [-0.39, 0.29) is 11.8 Å². The summed E-state index contributed by atoms with van der Waals surface area (Å²) in [6, 6.07) is 12.3. The van der Waals surface area contributed by atoms with Gasteiger partial charge in [0.05, 0.1) is 16.7 Å². The molecule has 2 aromatic carbocycles. The topological polar surface area (TPSA) is 46.3 Å². The van der Waals surface area contributed by atoms with E-state index in [1.54, 1.807) is 30.3 Å². The Kier molecular flexibility index (Phi) is 5.14. The molecule has 0 aliphatic carbocycles. The molecule has 2 aromatic rings. The van der Waals surface area contributed by atoms with Crippen LogP contribution >= 0.6 is 0 Å². The van der Waals surface area contributed by atoms with Crippen LogP contribution in [0.3, 0.4) is 0 Å². The summed E-state index contributed by atoms with van der Waals surface area (Å²) >= 11 is 0. The first-order chi connectivity index (χ1) is 13.8. The molecule has 29 heavy (non-hydrogen) atoms. The van der Waals surface area contributed by atoms with Crippen LogP contribution in [0.2, 0.25) is 0 Å². The number of carbonyl (C=O) groups is 2. The molecular formula is C21H22F3N3O2+2. The molecule has 0 spiro atoms. The zero-order chi connectivity index (χ0) is 20.6. The molecule has 2 aliphatic heterocycles. The van der Waals surface area contributed by atoms with Crippen molar-refractivity contribution in [1.29, 1.82) is 0 Å². The van der Waals surface area contributed by atoms with Gasteiger partial charge in [0.1, 0.15) is 32.7 Å². The maximum atomic E-state index is 12.9. The molecule has 0 radical (unpaired) electrons. The third-order valence-electron chi connectivity index (χ3n) is 5.63. The van der Waals surface area contributed by atoms with Gasteiger partial charge in [0.15, 0.2) is 6.67 Å². The van der Waals surface area contributed by atoms with E-state index in [9.17, 15) is 22.8 Å². The average molecular weight is 405 g/mol. The number of imide groups is 1. The van der Waals surface area contributed by atoms with E-state index in [1.165, 1.54) is 21.9 Å². The molecule has 0 saturated carbocycles. The summed E-state index contributed by atoms with van der Waals surface area (Å²) < 4.78 is 38.7. The van der Waals surface area contributed by atoms with Crippen molar-refractivity contribution in [3.05, 3.63) is 70.8 Å². The second kappa shape index (κ2) is 7.61. The highest BCUT2D eigenvalue weighted by molar-refractivity contribution is 6.21. The molecule has 2 N–H and O–H groups in total. The highest BCUT2D eigenvalue weighted by Crippen LogP contribution is 2.29. The predicted octanol–water partition coefficient (Wildman–Crippen LogP) is 0.243. The van der Waals surface area contributed by atoms with Gasteiger partial charge in [0.2, 0.25) is 0 Å². The molecule has 0 unspecified atom stereocenters. The minimum absolute atomic E-state index is 0.253. The SMILES string of the molecule is O=C1c2ccccc2C(=O)N1C[NH+]1CC[NH+](Cc2cccc(C(F)(F)F)c2)CC1. The highest BCUT2D eigenvalue weighted by atomic mass is 19.4. The molecule has 2 heterocycles. The van der Waals surface area contributed by atoms with Crippen molar-refractivity contribution in [3.63, 3.8) is 0 Å². The van der Waals surface area contributed by atoms with Crippen molar-refractivity contribution >= 4 is 11.8 Å². The zero-order valence-corrected chi connectivity index (χ0v) is 15.8. The lowest BCUT2D eigenvalue weighted by Crippen LogP contribution is -3.28. The smallest absolute Gasteiger partial charge is 0.322 e. The molecule has 2 aliphatic rings. The fraction of sp³-hybridized carbons (Fsp3) is 0.333. The van der Waals surface area contributed by atoms with Gasteiger partial charge in [-0.2, -0.15) is 13.2 Å². The van der Waals surface area contributed by atoms with Crippen LogP contribution < -0.4 is 9.80 Å². The largest absolute Gasteiger partial charge is 0.416 e. The number of carbonyl (C=O) groups excluding carboxylic acids is 2. The number of nitrogens with one attached hydrogen (secondary N) is 2. The van der Waals surface area contributed by atoms with Crippen LogP contribution in [-0.2, 0) is 12.7 Å². The number of fused-ring (bicyclic) bond motifs is 1. The number of rotatable bonds is 4. The Hall–Kier alpha value is -2.71. The number of quaternary nitrogens is 2. The fourth-order valence-corrected chi connectivity index (χ4v) is 4.04. The third kappa shape index (κ3) is 4.04. The van der Waals surface area contributed by atoms with Crippen molar-refractivity contribution in [3.8, 4) is 0 Å². The summed E-state index contributed by atoms with van der Waals surface area (Å²) in [5, 5.41) is 0. The molecule has 0 bridgehead atoms. The third-order valence-corrected chi connectivity index (χ3v) is 5.63. The lowest BCUT2D eigenvalue weighted by Gasteiger charge is -2.31. The van der Waals surface area contributed by atoms with E-state index in [2.05, 4.69) is 0 Å². The second-order valence-electron chi connectivity index (χ2n) is 7.62. The lowest BCUT2D eigenvalue weighted by atomic mass is 10.1. The van der Waals surface area contributed by atoms with Crippen LogP contribution in [0, 0.1) is 0 Å². The fourth-order valence-electron chi connectivity index (χ4n) is 4.04. The van der Waals surface area contributed by atoms with Gasteiger partial charge in [-0.1, -0.05) is 24.3 Å². The Morgan fingerprint density at radius 3 is 2.00 bits per heavy atom. The number of alkyl halides is 3. The van der Waals surface area contributed by atoms with Crippen molar-refractivity contribution in [2.75, 3.05) is 32.8 Å². The number of hydrogen-bond acceptors (Lipinski definition) is 2. The number of amides is 2. The minimum atomic E-state index is -4.33. The normalized spacial score (nSPS) is 22.1. The lowest BCUT2D eigenvalue weighted by molar-refractivity contribution is -1.02. The second-order valence-corrected chi connectivity index (χ2v) is 7.62. The van der Waals surface area contributed by atoms with Crippen LogP contribution in [-0.4, -0.2) is 49.6 Å². The summed E-state index contributed by atoms with van der Waals surface area (Å²) in [7, 11) is 0. The highest BCUT2D eigenvalue weighted by Gasteiger charge is 2.38. The summed E-state index contributed by atoms with van der Waals surface area (Å²) in [6.45, 7) is 3.90. The Balaban J connectivity index is 1.33. The van der Waals surface area contributed by atoms with Gasteiger partial charge < -0.3 is 9.80 Å². The molecule has 0 aromatic heterocycles. The van der Waals surface area contributed by atoms with E-state index in [4.69, 9.17) is 0 Å². The Bertz CT molecular complexity index is 902. The van der Waals surface area contributed by atoms with E-state index in [0.717, 1.165) is 37.1 Å². The number of hydrogen-bond donors (Lipinski definition) is 2. The molecule has 152 valence electrons. The molecule has 5 nitrogen and oxygen atoms in total. The maximum absolute atomic E-state index is 12.9. The van der Waals surface area contributed by atoms with Crippen molar-refractivity contribution in [2.24, 2.45) is 0 Å². The standard InChI is InChI=1S/C21H20F3N3O2/c22-21(23,24)16-5-3-4-15(12-16)13-25-8-10-26(11-9-25)14-27-19(28)17-6-1-2-7-18(17)20(27)29/h1-7,12H,8-11,13-14H2/p+2. The van der Waals surface area contributed by atoms with Crippen molar-refractivity contribution in [2.45, 2.75) is 12.7 Å². The van der Waals surface area contributed by atoms with Crippen molar-refractivity contribution < 1.29 is 32.6 Å². The Morgan fingerprint density at radius 2 is 1.41 bits per heavy atom. The summed E-state index contributed by atoms with van der Waals surface area (Å²) in [5.74, 6) is -0.506. The first-order valence-corrected chi connectivity index (χ1v) is 9.61. The van der Waals surface area contributed by atoms with E-state index in [1.807, 2.05) is 0 Å². The van der Waals surface area contributed by atoms with E-state index in [0.29, 0.717) is 29.9 Å². The van der Waals surface area contributed by atoms with E-state index < -0.39 is 11.7 Å². The molecular weight excluding hydrogens is 383 g/mol. The molecule has 4 rings (SSSR count). The van der Waals surface area contributed by atoms with Crippen molar-refractivity contribution in [1.82, 2.24) is 4.90 Å². The zero-order valence-electron chi connectivity index (χ0n) is 15.8. The number of piperazine rings is 1. The maximum Gasteiger partial charge on any atom is 0.416 e. The minimum Gasteiger partial charge on any atom is -0.322 e. The van der Waals surface area contributed by atoms with Crippen LogP contribution in [0.5, 0.6) is 0 Å². The first-order valence-electron chi connectivity index (χ1n) is 9.61. The summed E-state index contributed by atoms with van der Waals surface area (Å²) in [5.41, 5.74) is 0.944. The van der Waals surface area contributed by atoms with Crippen LogP contribution in [0.4, 0.5) is 13.2 Å². The van der Waals surface area contributed by atoms with E-state index >= 15 is 0 Å². The van der Waals surface area contributed by atoms with Crippen LogP contribution in [0.15, 0.2) is 48.5 Å². The molecule has 0 atom stereocenters. The van der Waals surface area contributed by atoms with Gasteiger partial charge in [0.25, 0.3) is 11.8 Å². The van der Waals surface area contributed by atoms with Gasteiger partial charge in [-0.15, -0.1) is 0 Å². The Morgan fingerprint density at radius 1 is 0.828 bits per heavy atom. The van der Waals surface area contributed by atoms with Crippen LogP contribution in [0.1, 0.15) is 31.8 Å². The summed E-state index contributed by atoms with van der Waals surface area (Å²) in [4.78, 5) is 28.6.